The van der Waals surface area contributed by atoms with Gasteiger partial charge in [0.2, 0.25) is 0 Å². The van der Waals surface area contributed by atoms with E-state index in [1.165, 1.54) is 11.1 Å². The van der Waals surface area contributed by atoms with Gasteiger partial charge in [-0.15, -0.1) is 24.0 Å². The van der Waals surface area contributed by atoms with Crippen LogP contribution in [0.15, 0.2) is 47.5 Å². The summed E-state index contributed by atoms with van der Waals surface area (Å²) in [4.78, 5) is 7.06. The van der Waals surface area contributed by atoms with Crippen LogP contribution in [0.25, 0.3) is 0 Å². The molecular weight excluding hydrogens is 531 g/mol. The van der Waals surface area contributed by atoms with Gasteiger partial charge in [0.05, 0.1) is 20.3 Å². The Balaban J connectivity index is 0.00000385. The zero-order chi connectivity index (χ0) is 22.8. The molecule has 1 heterocycles. The number of benzene rings is 2. The number of aliphatic hydroxyl groups excluding tert-OH is 1. The molecule has 0 aromatic heterocycles. The predicted octanol–water partition coefficient (Wildman–Crippen LogP) is 3.36. The Kier molecular flexibility index (Phi) is 11.8. The molecule has 0 aliphatic carbocycles. The number of halogens is 1. The van der Waals surface area contributed by atoms with E-state index >= 15 is 0 Å². The third kappa shape index (κ3) is 8.04. The van der Waals surface area contributed by atoms with E-state index in [4.69, 9.17) is 9.47 Å². The number of aliphatic hydroxyl groups is 1. The van der Waals surface area contributed by atoms with Crippen LogP contribution in [0.3, 0.4) is 0 Å². The Morgan fingerprint density at radius 2 is 1.79 bits per heavy atom. The van der Waals surface area contributed by atoms with Crippen molar-refractivity contribution < 1.29 is 14.6 Å². The summed E-state index contributed by atoms with van der Waals surface area (Å²) in [6.45, 7) is 7.05. The maximum Gasteiger partial charge on any atom is 0.191 e. The van der Waals surface area contributed by atoms with Crippen molar-refractivity contribution in [1.29, 1.82) is 0 Å². The summed E-state index contributed by atoms with van der Waals surface area (Å²) in [7, 11) is 3.35. The average molecular weight is 569 g/mol. The minimum absolute atomic E-state index is 0. The lowest BCUT2D eigenvalue weighted by atomic mass is 9.99. The van der Waals surface area contributed by atoms with Crippen molar-refractivity contribution in [3.63, 3.8) is 0 Å². The molecule has 1 aliphatic heterocycles. The maximum absolute atomic E-state index is 10.3. The van der Waals surface area contributed by atoms with Crippen LogP contribution in [-0.2, 0) is 13.0 Å². The summed E-state index contributed by atoms with van der Waals surface area (Å²) in [5, 5.41) is 17.0. The van der Waals surface area contributed by atoms with Crippen LogP contribution in [0.5, 0.6) is 11.5 Å². The molecule has 0 saturated heterocycles. The zero-order valence-electron chi connectivity index (χ0n) is 19.8. The van der Waals surface area contributed by atoms with Gasteiger partial charge in [0.15, 0.2) is 17.5 Å². The zero-order valence-corrected chi connectivity index (χ0v) is 22.2. The molecule has 3 N–H and O–H groups in total. The molecule has 0 bridgehead atoms. The third-order valence-corrected chi connectivity index (χ3v) is 5.72. The van der Waals surface area contributed by atoms with E-state index in [9.17, 15) is 5.11 Å². The van der Waals surface area contributed by atoms with Gasteiger partial charge in [0.25, 0.3) is 0 Å². The van der Waals surface area contributed by atoms with Crippen LogP contribution < -0.4 is 20.1 Å². The van der Waals surface area contributed by atoms with Gasteiger partial charge in [-0.05, 0) is 48.6 Å². The number of ether oxygens (including phenoxy) is 2. The second-order valence-electron chi connectivity index (χ2n) is 7.90. The Hall–Kier alpha value is -2.04. The van der Waals surface area contributed by atoms with E-state index < -0.39 is 6.10 Å². The van der Waals surface area contributed by atoms with Gasteiger partial charge < -0.3 is 25.2 Å². The Bertz CT molecular complexity index is 879. The molecule has 182 valence electrons. The summed E-state index contributed by atoms with van der Waals surface area (Å²) in [5.41, 5.74) is 3.56. The van der Waals surface area contributed by atoms with Crippen LogP contribution in [0.4, 0.5) is 0 Å². The van der Waals surface area contributed by atoms with Gasteiger partial charge in [0.1, 0.15) is 0 Å². The Morgan fingerprint density at radius 3 is 2.45 bits per heavy atom. The second-order valence-corrected chi connectivity index (χ2v) is 7.90. The van der Waals surface area contributed by atoms with E-state index in [1.807, 2.05) is 30.3 Å². The molecule has 1 unspecified atom stereocenters. The number of guanidine groups is 1. The molecule has 33 heavy (non-hydrogen) atoms. The largest absolute Gasteiger partial charge is 0.493 e. The number of fused-ring (bicyclic) bond motifs is 1. The molecule has 0 radical (unpaired) electrons. The molecule has 0 amide bonds. The van der Waals surface area contributed by atoms with Crippen molar-refractivity contribution in [2.45, 2.75) is 32.4 Å². The highest BCUT2D eigenvalue weighted by Gasteiger charge is 2.19. The Labute approximate surface area is 214 Å². The van der Waals surface area contributed by atoms with Crippen molar-refractivity contribution in [3.05, 3.63) is 59.2 Å². The molecule has 7 nitrogen and oxygen atoms in total. The van der Waals surface area contributed by atoms with Crippen LogP contribution in [-0.4, -0.2) is 62.9 Å². The highest BCUT2D eigenvalue weighted by Crippen LogP contribution is 2.33. The second kappa shape index (κ2) is 14.3. The van der Waals surface area contributed by atoms with Gasteiger partial charge in [0, 0.05) is 39.3 Å². The lowest BCUT2D eigenvalue weighted by Gasteiger charge is -2.29. The maximum atomic E-state index is 10.3. The number of hydrogen-bond acceptors (Lipinski definition) is 5. The molecule has 0 fully saturated rings. The number of methoxy groups -OCH3 is 2. The number of nitrogens with zero attached hydrogens (tertiary/aromatic N) is 2. The standard InChI is InChI=1S/C25H36N4O3.HI/c1-4-26-25(27-12-10-22(30)19-8-6-5-7-9-19)28-13-15-29-14-11-20-16-23(31-2)24(32-3)17-21(20)18-29;/h5-9,16-17,22,30H,4,10-15,18H2,1-3H3,(H2,26,27,28);1H. The fourth-order valence-corrected chi connectivity index (χ4v) is 3.95. The molecular formula is C25H37IN4O3. The summed E-state index contributed by atoms with van der Waals surface area (Å²) >= 11 is 0. The van der Waals surface area contributed by atoms with Crippen molar-refractivity contribution in [2.24, 2.45) is 4.99 Å². The molecule has 8 heteroatoms. The average Bonchev–Trinajstić information content (AvgIpc) is 2.83. The first-order chi connectivity index (χ1) is 15.6. The highest BCUT2D eigenvalue weighted by atomic mass is 127. The van der Waals surface area contributed by atoms with E-state index in [1.54, 1.807) is 14.2 Å². The Morgan fingerprint density at radius 1 is 1.09 bits per heavy atom. The lowest BCUT2D eigenvalue weighted by molar-refractivity contribution is 0.170. The van der Waals surface area contributed by atoms with Crippen molar-refractivity contribution in [3.8, 4) is 11.5 Å². The monoisotopic (exact) mass is 568 g/mol. The SMILES string of the molecule is CCNC(=NCCC(O)c1ccccc1)NCCN1CCc2cc(OC)c(OC)cc2C1.I. The van der Waals surface area contributed by atoms with Crippen molar-refractivity contribution in [1.82, 2.24) is 15.5 Å². The molecule has 0 saturated carbocycles. The molecule has 1 atom stereocenters. The summed E-state index contributed by atoms with van der Waals surface area (Å²) in [5.74, 6) is 2.37. The van der Waals surface area contributed by atoms with E-state index in [0.717, 1.165) is 62.2 Å². The van der Waals surface area contributed by atoms with Crippen LogP contribution >= 0.6 is 24.0 Å². The van der Waals surface area contributed by atoms with Crippen molar-refractivity contribution in [2.75, 3.05) is 46.9 Å². The molecule has 0 spiro atoms. The lowest BCUT2D eigenvalue weighted by Crippen LogP contribution is -2.42. The number of aliphatic imine (C=N–C) groups is 1. The third-order valence-electron chi connectivity index (χ3n) is 5.72. The molecule has 2 aromatic carbocycles. The summed E-state index contributed by atoms with van der Waals surface area (Å²) < 4.78 is 10.9. The first kappa shape index (κ1) is 27.2. The van der Waals surface area contributed by atoms with Gasteiger partial charge >= 0.3 is 0 Å². The number of rotatable bonds is 10. The first-order valence-corrected chi connectivity index (χ1v) is 11.4. The molecule has 1 aliphatic rings. The minimum atomic E-state index is -0.494. The van der Waals surface area contributed by atoms with E-state index in [0.29, 0.717) is 13.0 Å². The topological polar surface area (TPSA) is 78.4 Å². The molecule has 3 rings (SSSR count). The van der Waals surface area contributed by atoms with E-state index in [2.05, 4.69) is 39.6 Å². The first-order valence-electron chi connectivity index (χ1n) is 11.4. The van der Waals surface area contributed by atoms with Gasteiger partial charge in [-0.1, -0.05) is 30.3 Å². The minimum Gasteiger partial charge on any atom is -0.493 e. The van der Waals surface area contributed by atoms with Crippen LogP contribution in [0.1, 0.15) is 36.1 Å². The number of nitrogens with one attached hydrogen (secondary N) is 2. The highest BCUT2D eigenvalue weighted by molar-refractivity contribution is 14.0. The summed E-state index contributed by atoms with van der Waals surface area (Å²) in [6, 6.07) is 13.9. The van der Waals surface area contributed by atoms with Gasteiger partial charge in [-0.2, -0.15) is 0 Å². The van der Waals surface area contributed by atoms with Gasteiger partial charge in [-0.25, -0.2) is 0 Å². The number of hydrogen-bond donors (Lipinski definition) is 3. The summed E-state index contributed by atoms with van der Waals surface area (Å²) in [6.07, 6.45) is 1.10. The predicted molar refractivity (Wildman–Crippen MR) is 144 cm³/mol. The van der Waals surface area contributed by atoms with Crippen molar-refractivity contribution >= 4 is 29.9 Å². The normalized spacial score (nSPS) is 14.6. The smallest absolute Gasteiger partial charge is 0.191 e. The van der Waals surface area contributed by atoms with Crippen LogP contribution in [0.2, 0.25) is 0 Å². The fourth-order valence-electron chi connectivity index (χ4n) is 3.95. The quantitative estimate of drug-likeness (QED) is 0.232. The van der Waals surface area contributed by atoms with Crippen LogP contribution in [0, 0.1) is 0 Å². The van der Waals surface area contributed by atoms with E-state index in [-0.39, 0.29) is 24.0 Å². The molecule has 2 aromatic rings. The van der Waals surface area contributed by atoms with Gasteiger partial charge in [-0.3, -0.25) is 9.89 Å². The fraction of sp³-hybridized carbons (Fsp3) is 0.480.